The van der Waals surface area contributed by atoms with Crippen LogP contribution in [0.4, 0.5) is 5.69 Å². The van der Waals surface area contributed by atoms with Crippen molar-refractivity contribution in [2.45, 2.75) is 45.3 Å². The van der Waals surface area contributed by atoms with Gasteiger partial charge in [0.1, 0.15) is 12.4 Å². The van der Waals surface area contributed by atoms with E-state index in [-0.39, 0.29) is 11.9 Å². The number of halogens is 2. The molecule has 1 saturated heterocycles. The Labute approximate surface area is 250 Å². The Bertz CT molecular complexity index is 1300. The molecule has 1 amide bonds. The summed E-state index contributed by atoms with van der Waals surface area (Å²) in [5.74, 6) is 1.40. The van der Waals surface area contributed by atoms with Gasteiger partial charge in [0.15, 0.2) is 5.17 Å². The van der Waals surface area contributed by atoms with E-state index in [1.165, 1.54) is 18.2 Å². The van der Waals surface area contributed by atoms with Gasteiger partial charge in [-0.15, -0.1) is 0 Å². The maximum atomic E-state index is 13.8. The summed E-state index contributed by atoms with van der Waals surface area (Å²) in [6.07, 6.45) is 6.57. The fourth-order valence-corrected chi connectivity index (χ4v) is 8.00. The minimum Gasteiger partial charge on any atom is -0.487 e. The lowest BCUT2D eigenvalue weighted by Gasteiger charge is -2.35. The molecule has 7 heteroatoms. The van der Waals surface area contributed by atoms with Gasteiger partial charge in [-0.3, -0.25) is 9.69 Å². The summed E-state index contributed by atoms with van der Waals surface area (Å²) in [4.78, 5) is 21.4. The Balaban J connectivity index is 1.43. The highest BCUT2D eigenvalue weighted by atomic mass is 127. The van der Waals surface area contributed by atoms with Crippen molar-refractivity contribution in [1.29, 1.82) is 0 Å². The summed E-state index contributed by atoms with van der Waals surface area (Å²) in [6, 6.07) is 24.5. The Hall–Kier alpha value is -1.85. The van der Waals surface area contributed by atoms with Gasteiger partial charge in [-0.1, -0.05) is 68.3 Å². The number of aliphatic imine (C=N–C) groups is 1. The van der Waals surface area contributed by atoms with Gasteiger partial charge in [-0.2, -0.15) is 0 Å². The molecule has 0 bridgehead atoms. The van der Waals surface area contributed by atoms with Crippen molar-refractivity contribution < 1.29 is 9.53 Å². The average Bonchev–Trinajstić information content (AvgIpc) is 3.19. The van der Waals surface area contributed by atoms with Crippen LogP contribution in [-0.2, 0) is 11.4 Å². The molecule has 2 atom stereocenters. The second-order valence-corrected chi connectivity index (χ2v) is 12.8. The molecule has 1 aliphatic heterocycles. The van der Waals surface area contributed by atoms with E-state index < -0.39 is 0 Å². The Morgan fingerprint density at radius 2 is 1.65 bits per heavy atom. The van der Waals surface area contributed by atoms with Gasteiger partial charge in [0.05, 0.1) is 17.7 Å². The zero-order valence-corrected chi connectivity index (χ0v) is 25.7. The first-order valence-corrected chi connectivity index (χ1v) is 15.5. The lowest BCUT2D eigenvalue weighted by atomic mass is 9.85. The third-order valence-electron chi connectivity index (χ3n) is 6.76. The largest absolute Gasteiger partial charge is 0.487 e. The van der Waals surface area contributed by atoms with E-state index >= 15 is 0 Å². The van der Waals surface area contributed by atoms with Gasteiger partial charge in [0, 0.05) is 6.04 Å². The van der Waals surface area contributed by atoms with Gasteiger partial charge in [-0.25, -0.2) is 4.99 Å². The molecule has 0 unspecified atom stereocenters. The Kier molecular flexibility index (Phi) is 8.92. The first-order valence-electron chi connectivity index (χ1n) is 12.5. The molecule has 3 aromatic carbocycles. The normalized spacial score (nSPS) is 22.1. The van der Waals surface area contributed by atoms with Crippen molar-refractivity contribution >= 4 is 79.8 Å². The Morgan fingerprint density at radius 3 is 2.32 bits per heavy atom. The minimum atomic E-state index is 0.0628. The molecule has 0 N–H and O–H groups in total. The molecular weight excluding hydrogens is 706 g/mol. The summed E-state index contributed by atoms with van der Waals surface area (Å²) in [6.45, 7) is 2.79. The number of carbonyl (C=O) groups excluding carboxylic acids is 1. The average molecular weight is 734 g/mol. The SMILES string of the molecule is C[C@H]1CCCC[C@@H]1N1C(=O)/C(=C/c2cc(I)c(OCc3ccccc3)c(I)c2)SC1=Nc1ccccc1. The first kappa shape index (κ1) is 26.7. The predicted octanol–water partition coefficient (Wildman–Crippen LogP) is 8.66. The molecule has 3 aromatic rings. The highest BCUT2D eigenvalue weighted by Gasteiger charge is 2.41. The monoisotopic (exact) mass is 734 g/mol. The number of nitrogens with zero attached hydrogens (tertiary/aromatic N) is 2. The summed E-state index contributed by atoms with van der Waals surface area (Å²) in [5, 5.41) is 0.786. The third kappa shape index (κ3) is 6.42. The van der Waals surface area contributed by atoms with E-state index in [0.29, 0.717) is 12.5 Å². The minimum absolute atomic E-state index is 0.0628. The molecule has 1 heterocycles. The molecule has 4 nitrogen and oxygen atoms in total. The number of hydrogen-bond acceptors (Lipinski definition) is 4. The van der Waals surface area contributed by atoms with Crippen LogP contribution in [0.3, 0.4) is 0 Å². The van der Waals surface area contributed by atoms with Crippen molar-refractivity contribution in [3.63, 3.8) is 0 Å². The number of benzene rings is 3. The van der Waals surface area contributed by atoms with Gasteiger partial charge in [0.2, 0.25) is 0 Å². The van der Waals surface area contributed by atoms with E-state index in [0.717, 1.165) is 59.0 Å². The van der Waals surface area contributed by atoms with E-state index in [1.807, 2.05) is 59.5 Å². The van der Waals surface area contributed by atoms with Crippen LogP contribution in [0.5, 0.6) is 5.75 Å². The molecule has 2 aliphatic rings. The number of amides is 1. The fraction of sp³-hybridized carbons (Fsp3) is 0.267. The van der Waals surface area contributed by atoms with Crippen LogP contribution in [0.1, 0.15) is 43.7 Å². The summed E-state index contributed by atoms with van der Waals surface area (Å²) in [5.41, 5.74) is 3.00. The molecule has 190 valence electrons. The second kappa shape index (κ2) is 12.3. The number of amidine groups is 1. The van der Waals surface area contributed by atoms with Crippen molar-refractivity contribution in [1.82, 2.24) is 4.90 Å². The lowest BCUT2D eigenvalue weighted by Crippen LogP contribution is -2.44. The number of thioether (sulfide) groups is 1. The molecule has 0 spiro atoms. The molecule has 1 saturated carbocycles. The van der Waals surface area contributed by atoms with Crippen molar-refractivity contribution in [2.75, 3.05) is 0 Å². The number of hydrogen-bond donors (Lipinski definition) is 0. The zero-order chi connectivity index (χ0) is 25.8. The number of ether oxygens (including phenoxy) is 1. The molecule has 2 fully saturated rings. The maximum absolute atomic E-state index is 13.8. The molecule has 37 heavy (non-hydrogen) atoms. The zero-order valence-electron chi connectivity index (χ0n) is 20.6. The van der Waals surface area contributed by atoms with E-state index in [9.17, 15) is 4.79 Å². The topological polar surface area (TPSA) is 41.9 Å². The van der Waals surface area contributed by atoms with Crippen LogP contribution in [0.15, 0.2) is 82.7 Å². The summed E-state index contributed by atoms with van der Waals surface area (Å²) in [7, 11) is 0. The van der Waals surface area contributed by atoms with Crippen LogP contribution in [0, 0.1) is 13.1 Å². The van der Waals surface area contributed by atoms with Crippen molar-refractivity contribution in [3.8, 4) is 5.75 Å². The lowest BCUT2D eigenvalue weighted by molar-refractivity contribution is -0.124. The molecule has 0 radical (unpaired) electrons. The van der Waals surface area contributed by atoms with Crippen LogP contribution >= 0.6 is 56.9 Å². The fourth-order valence-electron chi connectivity index (χ4n) is 4.83. The highest BCUT2D eigenvalue weighted by molar-refractivity contribution is 14.1. The predicted molar refractivity (Wildman–Crippen MR) is 170 cm³/mol. The van der Waals surface area contributed by atoms with Crippen molar-refractivity contribution in [2.24, 2.45) is 10.9 Å². The second-order valence-electron chi connectivity index (χ2n) is 9.43. The third-order valence-corrected chi connectivity index (χ3v) is 9.35. The highest BCUT2D eigenvalue weighted by Crippen LogP contribution is 2.40. The number of carbonyl (C=O) groups is 1. The van der Waals surface area contributed by atoms with E-state index in [2.05, 4.69) is 76.4 Å². The van der Waals surface area contributed by atoms with Gasteiger partial charge >= 0.3 is 0 Å². The van der Waals surface area contributed by atoms with Gasteiger partial charge < -0.3 is 4.74 Å². The quantitative estimate of drug-likeness (QED) is 0.188. The van der Waals surface area contributed by atoms with Crippen LogP contribution in [0.25, 0.3) is 6.08 Å². The standard InChI is InChI=1S/C30H28I2N2O2S/c1-20-10-8-9-15-26(20)34-29(35)27(37-30(34)33-23-13-6-3-7-14-23)18-22-16-24(31)28(25(32)17-22)36-19-21-11-4-2-5-12-21/h2-7,11-14,16-18,20,26H,8-10,15,19H2,1H3/b27-18-,33-30?/t20-,26-/m0/s1. The van der Waals surface area contributed by atoms with Crippen LogP contribution < -0.4 is 4.74 Å². The summed E-state index contributed by atoms with van der Waals surface area (Å²) >= 11 is 6.13. The number of rotatable bonds is 6. The molecular formula is C30H28I2N2O2S. The summed E-state index contributed by atoms with van der Waals surface area (Å²) < 4.78 is 8.21. The van der Waals surface area contributed by atoms with E-state index in [4.69, 9.17) is 9.73 Å². The first-order chi connectivity index (χ1) is 18.0. The maximum Gasteiger partial charge on any atom is 0.267 e. The molecule has 0 aromatic heterocycles. The molecule has 5 rings (SSSR count). The van der Waals surface area contributed by atoms with Crippen molar-refractivity contribution in [3.05, 3.63) is 96.0 Å². The smallest absolute Gasteiger partial charge is 0.267 e. The van der Waals surface area contributed by atoms with Crippen LogP contribution in [-0.4, -0.2) is 22.0 Å². The Morgan fingerprint density at radius 1 is 1.00 bits per heavy atom. The number of para-hydroxylation sites is 1. The van der Waals surface area contributed by atoms with E-state index in [1.54, 1.807) is 0 Å². The van der Waals surface area contributed by atoms with Gasteiger partial charge in [-0.05, 0) is 117 Å². The molecule has 1 aliphatic carbocycles. The van der Waals surface area contributed by atoms with Gasteiger partial charge in [0.25, 0.3) is 5.91 Å². The van der Waals surface area contributed by atoms with Crippen LogP contribution in [0.2, 0.25) is 0 Å².